The van der Waals surface area contributed by atoms with Crippen molar-refractivity contribution in [2.24, 2.45) is 0 Å². The van der Waals surface area contributed by atoms with Gasteiger partial charge in [-0.25, -0.2) is 0 Å². The van der Waals surface area contributed by atoms with Crippen LogP contribution < -0.4 is 0 Å². The average molecular weight is 152 g/mol. The molecular weight excluding hydrogens is 140 g/mol. The van der Waals surface area contributed by atoms with Gasteiger partial charge in [-0.1, -0.05) is 6.07 Å². The molecule has 0 bridgehead atoms. The molecule has 3 heteroatoms. The summed E-state index contributed by atoms with van der Waals surface area (Å²) in [7, 11) is 3.61. The van der Waals surface area contributed by atoms with Gasteiger partial charge in [0.2, 0.25) is 0 Å². The van der Waals surface area contributed by atoms with Crippen LogP contribution in [0.4, 0.5) is 0 Å². The maximum absolute atomic E-state index is 9.46. The summed E-state index contributed by atoms with van der Waals surface area (Å²) in [5, 5.41) is 9.46. The zero-order chi connectivity index (χ0) is 8.27. The largest absolute Gasteiger partial charge is 0.372 e. The van der Waals surface area contributed by atoms with Crippen LogP contribution in [0, 0.1) is 0 Å². The van der Waals surface area contributed by atoms with Crippen LogP contribution in [0.3, 0.4) is 0 Å². The Morgan fingerprint density at radius 1 is 1.45 bits per heavy atom. The van der Waals surface area contributed by atoms with Gasteiger partial charge in [0.1, 0.15) is 6.23 Å². The van der Waals surface area contributed by atoms with E-state index in [-0.39, 0.29) is 0 Å². The molecule has 1 aromatic rings. The second-order valence-electron chi connectivity index (χ2n) is 2.59. The van der Waals surface area contributed by atoms with Crippen molar-refractivity contribution in [2.45, 2.75) is 6.23 Å². The van der Waals surface area contributed by atoms with E-state index in [0.29, 0.717) is 5.69 Å². The van der Waals surface area contributed by atoms with E-state index in [1.165, 1.54) is 0 Å². The molecular formula is C8H12N2O. The summed E-state index contributed by atoms with van der Waals surface area (Å²) in [6, 6.07) is 5.48. The van der Waals surface area contributed by atoms with Gasteiger partial charge in [-0.2, -0.15) is 0 Å². The first-order valence-electron chi connectivity index (χ1n) is 3.47. The topological polar surface area (TPSA) is 36.4 Å². The number of nitrogens with zero attached hydrogens (tertiary/aromatic N) is 2. The minimum Gasteiger partial charge on any atom is -0.372 e. The summed E-state index contributed by atoms with van der Waals surface area (Å²) >= 11 is 0. The van der Waals surface area contributed by atoms with Gasteiger partial charge in [0.05, 0.1) is 5.69 Å². The fourth-order valence-electron chi connectivity index (χ4n) is 0.793. The molecule has 0 saturated heterocycles. The van der Waals surface area contributed by atoms with Crippen LogP contribution in [0.25, 0.3) is 0 Å². The molecule has 0 aliphatic carbocycles. The summed E-state index contributed by atoms with van der Waals surface area (Å²) in [5.41, 5.74) is 0.678. The highest BCUT2D eigenvalue weighted by Crippen LogP contribution is 2.09. The molecule has 1 aromatic heterocycles. The summed E-state index contributed by atoms with van der Waals surface area (Å²) in [4.78, 5) is 5.70. The van der Waals surface area contributed by atoms with Crippen molar-refractivity contribution in [3.8, 4) is 0 Å². The van der Waals surface area contributed by atoms with Crippen molar-refractivity contribution >= 4 is 0 Å². The van der Waals surface area contributed by atoms with Gasteiger partial charge in [0.25, 0.3) is 0 Å². The van der Waals surface area contributed by atoms with Gasteiger partial charge in [0, 0.05) is 6.20 Å². The van der Waals surface area contributed by atoms with Crippen LogP contribution in [-0.4, -0.2) is 29.1 Å². The van der Waals surface area contributed by atoms with E-state index in [0.717, 1.165) is 0 Å². The molecule has 0 radical (unpaired) electrons. The third-order valence-corrected chi connectivity index (χ3v) is 1.44. The SMILES string of the molecule is CN(C)C(O)c1ccccn1. The second-order valence-corrected chi connectivity index (χ2v) is 2.59. The molecule has 0 aliphatic heterocycles. The van der Waals surface area contributed by atoms with Crippen molar-refractivity contribution in [1.29, 1.82) is 0 Å². The first kappa shape index (κ1) is 8.17. The van der Waals surface area contributed by atoms with Gasteiger partial charge in [-0.15, -0.1) is 0 Å². The molecule has 1 unspecified atom stereocenters. The number of aliphatic hydroxyl groups is 1. The smallest absolute Gasteiger partial charge is 0.150 e. The Labute approximate surface area is 66.3 Å². The second kappa shape index (κ2) is 3.46. The van der Waals surface area contributed by atoms with E-state index in [2.05, 4.69) is 4.98 Å². The normalized spacial score (nSPS) is 13.5. The number of pyridine rings is 1. The fourth-order valence-corrected chi connectivity index (χ4v) is 0.793. The van der Waals surface area contributed by atoms with Gasteiger partial charge >= 0.3 is 0 Å². The Kier molecular flexibility index (Phi) is 2.57. The third kappa shape index (κ3) is 2.00. The van der Waals surface area contributed by atoms with Gasteiger partial charge < -0.3 is 5.11 Å². The number of aliphatic hydroxyl groups excluding tert-OH is 1. The molecule has 3 nitrogen and oxygen atoms in total. The van der Waals surface area contributed by atoms with Crippen molar-refractivity contribution in [3.05, 3.63) is 30.1 Å². The van der Waals surface area contributed by atoms with E-state index < -0.39 is 6.23 Å². The monoisotopic (exact) mass is 152 g/mol. The Balaban J connectivity index is 2.77. The Morgan fingerprint density at radius 3 is 2.64 bits per heavy atom. The lowest BCUT2D eigenvalue weighted by Crippen LogP contribution is -2.19. The van der Waals surface area contributed by atoms with E-state index in [1.54, 1.807) is 31.3 Å². The van der Waals surface area contributed by atoms with E-state index in [1.807, 2.05) is 12.1 Å². The highest BCUT2D eigenvalue weighted by molar-refractivity contribution is 5.05. The van der Waals surface area contributed by atoms with Crippen molar-refractivity contribution in [1.82, 2.24) is 9.88 Å². The first-order chi connectivity index (χ1) is 5.22. The van der Waals surface area contributed by atoms with Crippen molar-refractivity contribution in [2.75, 3.05) is 14.1 Å². The first-order valence-corrected chi connectivity index (χ1v) is 3.47. The maximum atomic E-state index is 9.46. The molecule has 0 fully saturated rings. The molecule has 1 atom stereocenters. The van der Waals surface area contributed by atoms with Crippen molar-refractivity contribution in [3.63, 3.8) is 0 Å². The molecule has 0 aliphatic rings. The Morgan fingerprint density at radius 2 is 2.18 bits per heavy atom. The average Bonchev–Trinajstić information content (AvgIpc) is 2.05. The fraction of sp³-hybridized carbons (Fsp3) is 0.375. The van der Waals surface area contributed by atoms with Crippen LogP contribution in [0.5, 0.6) is 0 Å². The minimum atomic E-state index is -0.601. The Bertz CT molecular complexity index is 211. The highest BCUT2D eigenvalue weighted by atomic mass is 16.3. The minimum absolute atomic E-state index is 0.601. The molecule has 0 saturated carbocycles. The lowest BCUT2D eigenvalue weighted by Gasteiger charge is -2.16. The summed E-state index contributed by atoms with van der Waals surface area (Å²) in [5.74, 6) is 0. The Hall–Kier alpha value is -0.930. The van der Waals surface area contributed by atoms with Crippen LogP contribution in [0.1, 0.15) is 11.9 Å². The molecule has 1 N–H and O–H groups in total. The summed E-state index contributed by atoms with van der Waals surface area (Å²) in [6.45, 7) is 0. The van der Waals surface area contributed by atoms with Crippen LogP contribution in [0.15, 0.2) is 24.4 Å². The number of aromatic nitrogens is 1. The number of hydrogen-bond donors (Lipinski definition) is 1. The predicted molar refractivity (Wildman–Crippen MR) is 42.9 cm³/mol. The molecule has 60 valence electrons. The zero-order valence-corrected chi connectivity index (χ0v) is 6.73. The predicted octanol–water partition coefficient (Wildman–Crippen LogP) is 0.634. The number of hydrogen-bond acceptors (Lipinski definition) is 3. The molecule has 0 spiro atoms. The summed E-state index contributed by atoms with van der Waals surface area (Å²) < 4.78 is 0. The quantitative estimate of drug-likeness (QED) is 0.631. The van der Waals surface area contributed by atoms with Gasteiger partial charge in [-0.05, 0) is 26.2 Å². The molecule has 1 rings (SSSR count). The third-order valence-electron chi connectivity index (χ3n) is 1.44. The number of rotatable bonds is 2. The highest BCUT2D eigenvalue weighted by Gasteiger charge is 2.08. The zero-order valence-electron chi connectivity index (χ0n) is 6.73. The lowest BCUT2D eigenvalue weighted by molar-refractivity contribution is 0.0358. The van der Waals surface area contributed by atoms with Crippen LogP contribution in [0.2, 0.25) is 0 Å². The van der Waals surface area contributed by atoms with Crippen LogP contribution in [-0.2, 0) is 0 Å². The van der Waals surface area contributed by atoms with E-state index in [4.69, 9.17) is 0 Å². The van der Waals surface area contributed by atoms with Gasteiger partial charge in [-0.3, -0.25) is 9.88 Å². The van der Waals surface area contributed by atoms with Crippen molar-refractivity contribution < 1.29 is 5.11 Å². The van der Waals surface area contributed by atoms with E-state index >= 15 is 0 Å². The maximum Gasteiger partial charge on any atom is 0.150 e. The van der Waals surface area contributed by atoms with Gasteiger partial charge in [0.15, 0.2) is 0 Å². The molecule has 11 heavy (non-hydrogen) atoms. The van der Waals surface area contributed by atoms with Crippen LogP contribution >= 0.6 is 0 Å². The lowest BCUT2D eigenvalue weighted by atomic mass is 10.3. The molecule has 1 heterocycles. The standard InChI is InChI=1S/C8H12N2O/c1-10(2)8(11)7-5-3-4-6-9-7/h3-6,8,11H,1-2H3. The molecule has 0 aromatic carbocycles. The van der Waals surface area contributed by atoms with E-state index in [9.17, 15) is 5.11 Å². The summed E-state index contributed by atoms with van der Waals surface area (Å²) in [6.07, 6.45) is 1.07. The molecule has 0 amide bonds.